The zero-order valence-electron chi connectivity index (χ0n) is 17.2. The maximum Gasteiger partial charge on any atom is 0.343 e. The van der Waals surface area contributed by atoms with Crippen LogP contribution in [0, 0.1) is 0 Å². The third kappa shape index (κ3) is 6.51. The molecule has 0 aliphatic rings. The second-order valence-corrected chi connectivity index (χ2v) is 8.63. The van der Waals surface area contributed by atoms with E-state index in [1.54, 1.807) is 78.9 Å². The third-order valence-corrected chi connectivity index (χ3v) is 5.38. The fourth-order valence-electron chi connectivity index (χ4n) is 2.70. The molecule has 0 saturated carbocycles. The van der Waals surface area contributed by atoms with Crippen LogP contribution in [0.15, 0.2) is 90.0 Å². The molecular formula is C23H21N3O5S. The van der Waals surface area contributed by atoms with Gasteiger partial charge in [-0.25, -0.2) is 18.6 Å². The van der Waals surface area contributed by atoms with Crippen molar-refractivity contribution in [1.29, 1.82) is 0 Å². The highest BCUT2D eigenvalue weighted by atomic mass is 32.2. The number of rotatable bonds is 8. The smallest absolute Gasteiger partial charge is 0.343 e. The van der Waals surface area contributed by atoms with Crippen LogP contribution in [0.5, 0.6) is 5.75 Å². The average molecular weight is 452 g/mol. The number of para-hydroxylation sites is 1. The Balaban J connectivity index is 1.56. The Morgan fingerprint density at radius 1 is 0.938 bits per heavy atom. The summed E-state index contributed by atoms with van der Waals surface area (Å²) in [4.78, 5) is 24.2. The van der Waals surface area contributed by atoms with Crippen molar-refractivity contribution in [3.8, 4) is 5.75 Å². The van der Waals surface area contributed by atoms with Crippen molar-refractivity contribution >= 4 is 33.8 Å². The molecule has 0 saturated heterocycles. The van der Waals surface area contributed by atoms with Crippen LogP contribution in [0.2, 0.25) is 0 Å². The zero-order valence-corrected chi connectivity index (χ0v) is 18.0. The van der Waals surface area contributed by atoms with E-state index in [0.29, 0.717) is 22.6 Å². The van der Waals surface area contributed by atoms with Gasteiger partial charge in [0, 0.05) is 0 Å². The van der Waals surface area contributed by atoms with Gasteiger partial charge in [-0.3, -0.25) is 9.10 Å². The van der Waals surface area contributed by atoms with Gasteiger partial charge in [0.15, 0.2) is 0 Å². The van der Waals surface area contributed by atoms with Crippen LogP contribution in [0.25, 0.3) is 0 Å². The minimum absolute atomic E-state index is 0.367. The molecule has 8 nitrogen and oxygen atoms in total. The molecule has 3 aromatic rings. The van der Waals surface area contributed by atoms with Gasteiger partial charge >= 0.3 is 5.97 Å². The lowest BCUT2D eigenvalue weighted by Gasteiger charge is -2.21. The summed E-state index contributed by atoms with van der Waals surface area (Å²) >= 11 is 0. The molecule has 0 unspecified atom stereocenters. The van der Waals surface area contributed by atoms with Gasteiger partial charge in [-0.1, -0.05) is 36.4 Å². The van der Waals surface area contributed by atoms with Crippen LogP contribution in [0.3, 0.4) is 0 Å². The van der Waals surface area contributed by atoms with Crippen LogP contribution in [0.4, 0.5) is 5.69 Å². The van der Waals surface area contributed by atoms with Crippen LogP contribution >= 0.6 is 0 Å². The Bertz CT molecular complexity index is 1200. The lowest BCUT2D eigenvalue weighted by molar-refractivity contribution is -0.119. The molecule has 164 valence electrons. The highest BCUT2D eigenvalue weighted by Crippen LogP contribution is 2.16. The first-order chi connectivity index (χ1) is 15.3. The molecule has 0 aliphatic carbocycles. The summed E-state index contributed by atoms with van der Waals surface area (Å²) in [5, 5.41) is 3.85. The van der Waals surface area contributed by atoms with Gasteiger partial charge in [-0.2, -0.15) is 5.10 Å². The monoisotopic (exact) mass is 451 g/mol. The minimum atomic E-state index is -3.65. The van der Waals surface area contributed by atoms with Crippen molar-refractivity contribution in [2.75, 3.05) is 17.1 Å². The standard InChI is InChI=1S/C23H21N3O5S/c1-32(29,30)26(20-10-6-3-7-11-20)17-22(27)25-24-16-18-12-14-21(15-13-18)31-23(28)19-8-4-2-5-9-19/h2-16H,17H2,1H3,(H,25,27)/b24-16-. The molecule has 3 rings (SSSR count). The summed E-state index contributed by atoms with van der Waals surface area (Å²) < 4.78 is 30.4. The fraction of sp³-hybridized carbons (Fsp3) is 0.0870. The van der Waals surface area contributed by atoms with Crippen molar-refractivity contribution in [3.63, 3.8) is 0 Å². The van der Waals surface area contributed by atoms with Crippen molar-refractivity contribution in [1.82, 2.24) is 5.43 Å². The summed E-state index contributed by atoms with van der Waals surface area (Å²) in [6.07, 6.45) is 2.43. The number of sulfonamides is 1. The van der Waals surface area contributed by atoms with E-state index in [9.17, 15) is 18.0 Å². The lowest BCUT2D eigenvalue weighted by atomic mass is 10.2. The van der Waals surface area contributed by atoms with E-state index in [4.69, 9.17) is 4.74 Å². The molecule has 32 heavy (non-hydrogen) atoms. The molecule has 9 heteroatoms. The molecule has 0 spiro atoms. The summed E-state index contributed by atoms with van der Waals surface area (Å²) in [5.74, 6) is -0.691. The summed E-state index contributed by atoms with van der Waals surface area (Å²) in [6.45, 7) is -0.408. The Labute approximate surface area is 186 Å². The maximum absolute atomic E-state index is 12.2. The van der Waals surface area contributed by atoms with E-state index in [1.807, 2.05) is 6.07 Å². The number of carbonyl (C=O) groups excluding carboxylic acids is 2. The van der Waals surface area contributed by atoms with E-state index in [-0.39, 0.29) is 0 Å². The molecule has 1 amide bonds. The number of benzene rings is 3. The molecular weight excluding hydrogens is 430 g/mol. The van der Waals surface area contributed by atoms with Gasteiger partial charge in [-0.05, 0) is 54.1 Å². The first-order valence-corrected chi connectivity index (χ1v) is 11.4. The fourth-order valence-corrected chi connectivity index (χ4v) is 3.56. The van der Waals surface area contributed by atoms with E-state index >= 15 is 0 Å². The first kappa shape index (κ1) is 22.7. The van der Waals surface area contributed by atoms with Crippen LogP contribution < -0.4 is 14.5 Å². The third-order valence-electron chi connectivity index (χ3n) is 4.23. The van der Waals surface area contributed by atoms with E-state index < -0.39 is 28.4 Å². The Kier molecular flexibility index (Phi) is 7.35. The Morgan fingerprint density at radius 3 is 2.12 bits per heavy atom. The van der Waals surface area contributed by atoms with Crippen LogP contribution in [-0.2, 0) is 14.8 Å². The maximum atomic E-state index is 12.2. The molecule has 1 N–H and O–H groups in total. The predicted molar refractivity (Wildman–Crippen MR) is 122 cm³/mol. The van der Waals surface area contributed by atoms with Crippen molar-refractivity contribution in [2.24, 2.45) is 5.10 Å². The lowest BCUT2D eigenvalue weighted by Crippen LogP contribution is -2.38. The van der Waals surface area contributed by atoms with Crippen LogP contribution in [0.1, 0.15) is 15.9 Å². The minimum Gasteiger partial charge on any atom is -0.423 e. The predicted octanol–water partition coefficient (Wildman–Crippen LogP) is 2.82. The highest BCUT2D eigenvalue weighted by Gasteiger charge is 2.20. The first-order valence-electron chi connectivity index (χ1n) is 9.55. The van der Waals surface area contributed by atoms with E-state index in [2.05, 4.69) is 10.5 Å². The van der Waals surface area contributed by atoms with Crippen molar-refractivity contribution in [3.05, 3.63) is 96.1 Å². The Hall–Kier alpha value is -3.98. The number of esters is 1. The molecule has 0 atom stereocenters. The van der Waals surface area contributed by atoms with Gasteiger partial charge in [0.2, 0.25) is 10.0 Å². The molecule has 0 aliphatic heterocycles. The summed E-state index contributed by atoms with van der Waals surface area (Å²) in [5.41, 5.74) is 3.79. The number of ether oxygens (including phenoxy) is 1. The molecule has 0 radical (unpaired) electrons. The number of nitrogens with zero attached hydrogens (tertiary/aromatic N) is 2. The normalized spacial score (nSPS) is 11.2. The number of anilines is 1. The number of carbonyl (C=O) groups is 2. The quantitative estimate of drug-likeness (QED) is 0.245. The number of amides is 1. The second kappa shape index (κ2) is 10.4. The summed E-state index contributed by atoms with van der Waals surface area (Å²) in [7, 11) is -3.65. The number of nitrogens with one attached hydrogen (secondary N) is 1. The molecule has 0 fully saturated rings. The number of hydrogen-bond acceptors (Lipinski definition) is 6. The van der Waals surface area contributed by atoms with Gasteiger partial charge in [-0.15, -0.1) is 0 Å². The van der Waals surface area contributed by atoms with Gasteiger partial charge in [0.25, 0.3) is 5.91 Å². The molecule has 3 aromatic carbocycles. The van der Waals surface area contributed by atoms with Gasteiger partial charge in [0.1, 0.15) is 12.3 Å². The van der Waals surface area contributed by atoms with E-state index in [1.165, 1.54) is 6.21 Å². The molecule has 0 heterocycles. The molecule has 0 aromatic heterocycles. The van der Waals surface area contributed by atoms with E-state index in [0.717, 1.165) is 10.6 Å². The van der Waals surface area contributed by atoms with Crippen molar-refractivity contribution in [2.45, 2.75) is 0 Å². The zero-order chi connectivity index (χ0) is 23.0. The van der Waals surface area contributed by atoms with Crippen LogP contribution in [-0.4, -0.2) is 39.3 Å². The topological polar surface area (TPSA) is 105 Å². The SMILES string of the molecule is CS(=O)(=O)N(CC(=O)N/N=C\c1ccc(OC(=O)c2ccccc2)cc1)c1ccccc1. The van der Waals surface area contributed by atoms with Gasteiger partial charge < -0.3 is 4.74 Å². The number of hydrazone groups is 1. The Morgan fingerprint density at radius 2 is 1.53 bits per heavy atom. The number of hydrogen-bond donors (Lipinski definition) is 1. The second-order valence-electron chi connectivity index (χ2n) is 6.72. The highest BCUT2D eigenvalue weighted by molar-refractivity contribution is 7.92. The summed E-state index contributed by atoms with van der Waals surface area (Å²) in [6, 6.07) is 23.5. The average Bonchev–Trinajstić information content (AvgIpc) is 2.79. The van der Waals surface area contributed by atoms with Crippen molar-refractivity contribution < 1.29 is 22.7 Å². The van der Waals surface area contributed by atoms with Gasteiger partial charge in [0.05, 0.1) is 23.7 Å². The molecule has 0 bridgehead atoms. The largest absolute Gasteiger partial charge is 0.423 e.